The van der Waals surface area contributed by atoms with Crippen LogP contribution in [0.2, 0.25) is 5.28 Å². The Balaban J connectivity index is 2.30. The second kappa shape index (κ2) is 5.69. The smallest absolute Gasteiger partial charge is 0.409 e. The van der Waals surface area contributed by atoms with Crippen LogP contribution in [0.15, 0.2) is 41.3 Å². The van der Waals surface area contributed by atoms with Crippen LogP contribution in [0.3, 0.4) is 0 Å². The molecule has 3 aromatic rings. The van der Waals surface area contributed by atoms with Crippen LogP contribution in [0.4, 0.5) is 4.79 Å². The number of pyridine rings is 1. The summed E-state index contributed by atoms with van der Waals surface area (Å²) in [5, 5.41) is 0.719. The van der Waals surface area contributed by atoms with Gasteiger partial charge in [0.2, 0.25) is 5.28 Å². The van der Waals surface area contributed by atoms with Crippen molar-refractivity contribution in [3.8, 4) is 11.4 Å². The molecule has 2 N–H and O–H groups in total. The molecule has 2 aromatic heterocycles. The summed E-state index contributed by atoms with van der Waals surface area (Å²) in [6.07, 6.45) is 0.619. The number of carbonyl (C=O) groups excluding carboxylic acids is 1. The SMILES string of the molecule is Cc1cc(=O)n(-c2cccc(OC(N)=O)c2)c2nc(Cl)ncc12. The third-order valence-electron chi connectivity index (χ3n) is 3.23. The largest absolute Gasteiger partial charge is 0.410 e. The monoisotopic (exact) mass is 330 g/mol. The molecule has 0 aliphatic rings. The van der Waals surface area contributed by atoms with E-state index in [1.165, 1.54) is 16.7 Å². The number of ether oxygens (including phenoxy) is 1. The number of nitrogens with two attached hydrogens (primary N) is 1. The summed E-state index contributed by atoms with van der Waals surface area (Å²) >= 11 is 5.86. The number of amides is 1. The lowest BCUT2D eigenvalue weighted by molar-refractivity contribution is 0.211. The minimum Gasteiger partial charge on any atom is -0.410 e. The highest BCUT2D eigenvalue weighted by Crippen LogP contribution is 2.21. The van der Waals surface area contributed by atoms with Gasteiger partial charge in [0.1, 0.15) is 5.75 Å². The van der Waals surface area contributed by atoms with Gasteiger partial charge < -0.3 is 10.5 Å². The normalized spacial score (nSPS) is 10.7. The number of carbonyl (C=O) groups is 1. The number of halogens is 1. The van der Waals surface area contributed by atoms with E-state index in [-0.39, 0.29) is 16.6 Å². The van der Waals surface area contributed by atoms with Crippen molar-refractivity contribution >= 4 is 28.7 Å². The maximum absolute atomic E-state index is 12.4. The second-order valence-corrected chi connectivity index (χ2v) is 5.13. The first-order valence-electron chi connectivity index (χ1n) is 6.58. The molecule has 0 aliphatic heterocycles. The Labute approximate surface area is 135 Å². The van der Waals surface area contributed by atoms with Crippen molar-refractivity contribution in [3.05, 3.63) is 57.7 Å². The molecule has 0 fully saturated rings. The Bertz CT molecular complexity index is 984. The molecule has 7 nitrogen and oxygen atoms in total. The van der Waals surface area contributed by atoms with Crippen molar-refractivity contribution in [2.24, 2.45) is 5.73 Å². The van der Waals surface area contributed by atoms with Gasteiger partial charge >= 0.3 is 6.09 Å². The van der Waals surface area contributed by atoms with Crippen molar-refractivity contribution in [2.45, 2.75) is 6.92 Å². The number of benzene rings is 1. The number of primary amides is 1. The molecule has 0 bridgehead atoms. The summed E-state index contributed by atoms with van der Waals surface area (Å²) < 4.78 is 6.21. The molecule has 3 rings (SSSR count). The van der Waals surface area contributed by atoms with E-state index in [1.807, 2.05) is 0 Å². The maximum atomic E-state index is 12.4. The number of aryl methyl sites for hydroxylation is 1. The van der Waals surface area contributed by atoms with Crippen LogP contribution in [0, 0.1) is 6.92 Å². The van der Waals surface area contributed by atoms with Gasteiger partial charge in [-0.05, 0) is 36.2 Å². The van der Waals surface area contributed by atoms with Crippen molar-refractivity contribution in [1.29, 1.82) is 0 Å². The Morgan fingerprint density at radius 2 is 2.13 bits per heavy atom. The van der Waals surface area contributed by atoms with Crippen LogP contribution < -0.4 is 16.0 Å². The maximum Gasteiger partial charge on any atom is 0.409 e. The molecule has 1 amide bonds. The van der Waals surface area contributed by atoms with Crippen LogP contribution in [0.25, 0.3) is 16.7 Å². The number of fused-ring (bicyclic) bond motifs is 1. The molecule has 23 heavy (non-hydrogen) atoms. The van der Waals surface area contributed by atoms with Crippen molar-refractivity contribution in [2.75, 3.05) is 0 Å². The van der Waals surface area contributed by atoms with E-state index in [0.717, 1.165) is 5.56 Å². The predicted octanol–water partition coefficient (Wildman–Crippen LogP) is 2.20. The summed E-state index contributed by atoms with van der Waals surface area (Å²) in [5.41, 5.74) is 6.29. The minimum atomic E-state index is -0.936. The van der Waals surface area contributed by atoms with Crippen LogP contribution in [-0.4, -0.2) is 20.6 Å². The first-order chi connectivity index (χ1) is 11.0. The van der Waals surface area contributed by atoms with Crippen molar-refractivity contribution in [3.63, 3.8) is 0 Å². The van der Waals surface area contributed by atoms with E-state index in [2.05, 4.69) is 9.97 Å². The van der Waals surface area contributed by atoms with Gasteiger partial charge in [-0.15, -0.1) is 0 Å². The Hall–Kier alpha value is -2.93. The average Bonchev–Trinajstić information content (AvgIpc) is 2.46. The zero-order valence-corrected chi connectivity index (χ0v) is 12.7. The third kappa shape index (κ3) is 2.86. The summed E-state index contributed by atoms with van der Waals surface area (Å²) in [5.74, 6) is 0.218. The molecule has 0 unspecified atom stereocenters. The molecule has 0 atom stereocenters. The highest BCUT2D eigenvalue weighted by molar-refractivity contribution is 6.28. The molecular formula is C15H11ClN4O3. The van der Waals surface area contributed by atoms with Crippen LogP contribution >= 0.6 is 11.6 Å². The fourth-order valence-corrected chi connectivity index (χ4v) is 2.41. The van der Waals surface area contributed by atoms with Gasteiger partial charge in [0.15, 0.2) is 5.65 Å². The topological polar surface area (TPSA) is 100 Å². The van der Waals surface area contributed by atoms with E-state index < -0.39 is 6.09 Å². The third-order valence-corrected chi connectivity index (χ3v) is 3.41. The zero-order chi connectivity index (χ0) is 16.6. The van der Waals surface area contributed by atoms with Crippen LogP contribution in [0.5, 0.6) is 5.75 Å². The van der Waals surface area contributed by atoms with E-state index >= 15 is 0 Å². The fraction of sp³-hybridized carbons (Fsp3) is 0.0667. The van der Waals surface area contributed by atoms with Crippen LogP contribution in [-0.2, 0) is 0 Å². The molecule has 0 spiro atoms. The quantitative estimate of drug-likeness (QED) is 0.726. The van der Waals surface area contributed by atoms with Gasteiger partial charge in [-0.1, -0.05) is 6.07 Å². The Kier molecular flexibility index (Phi) is 3.71. The second-order valence-electron chi connectivity index (χ2n) is 4.80. The van der Waals surface area contributed by atoms with Gasteiger partial charge in [-0.25, -0.2) is 9.78 Å². The molecule has 0 aliphatic carbocycles. The van der Waals surface area contributed by atoms with Gasteiger partial charge in [0.05, 0.1) is 5.69 Å². The summed E-state index contributed by atoms with van der Waals surface area (Å²) in [4.78, 5) is 31.4. The first-order valence-corrected chi connectivity index (χ1v) is 6.96. The van der Waals surface area contributed by atoms with E-state index in [1.54, 1.807) is 31.3 Å². The molecule has 2 heterocycles. The summed E-state index contributed by atoms with van der Waals surface area (Å²) in [7, 11) is 0. The lowest BCUT2D eigenvalue weighted by atomic mass is 10.2. The minimum absolute atomic E-state index is 0.0285. The first kappa shape index (κ1) is 15.0. The molecule has 1 aromatic carbocycles. The van der Waals surface area contributed by atoms with Gasteiger partial charge in [-0.3, -0.25) is 9.36 Å². The molecule has 0 saturated carbocycles. The lowest BCUT2D eigenvalue weighted by Crippen LogP contribution is -2.20. The standard InChI is InChI=1S/C15H11ClN4O3/c1-8-5-12(21)20(13-11(8)7-18-14(16)19-13)9-3-2-4-10(6-9)23-15(17)22/h2-7H,1H3,(H2,17,22). The number of aromatic nitrogens is 3. The van der Waals surface area contributed by atoms with Gasteiger partial charge in [-0.2, -0.15) is 4.98 Å². The van der Waals surface area contributed by atoms with Gasteiger partial charge in [0.25, 0.3) is 5.56 Å². The predicted molar refractivity (Wildman–Crippen MR) is 85.1 cm³/mol. The van der Waals surface area contributed by atoms with Crippen molar-refractivity contribution in [1.82, 2.24) is 14.5 Å². The molecule has 0 radical (unpaired) electrons. The Morgan fingerprint density at radius 3 is 2.87 bits per heavy atom. The van der Waals surface area contributed by atoms with E-state index in [4.69, 9.17) is 22.1 Å². The molecule has 0 saturated heterocycles. The van der Waals surface area contributed by atoms with Gasteiger partial charge in [0, 0.05) is 23.7 Å². The van der Waals surface area contributed by atoms with Crippen LogP contribution in [0.1, 0.15) is 5.56 Å². The highest BCUT2D eigenvalue weighted by atomic mass is 35.5. The van der Waals surface area contributed by atoms with E-state index in [9.17, 15) is 9.59 Å². The number of rotatable bonds is 2. The summed E-state index contributed by atoms with van der Waals surface area (Å²) in [6.45, 7) is 1.79. The molecule has 116 valence electrons. The number of hydrogen-bond donors (Lipinski definition) is 1. The highest BCUT2D eigenvalue weighted by Gasteiger charge is 2.12. The van der Waals surface area contributed by atoms with Crippen molar-refractivity contribution < 1.29 is 9.53 Å². The zero-order valence-electron chi connectivity index (χ0n) is 12.0. The average molecular weight is 331 g/mol. The summed E-state index contributed by atoms with van der Waals surface area (Å²) in [6, 6.07) is 7.85. The Morgan fingerprint density at radius 1 is 1.35 bits per heavy atom. The fourth-order valence-electron chi connectivity index (χ4n) is 2.28. The number of hydrogen-bond acceptors (Lipinski definition) is 5. The van der Waals surface area contributed by atoms with E-state index in [0.29, 0.717) is 16.7 Å². The lowest BCUT2D eigenvalue weighted by Gasteiger charge is -2.12. The molecular weight excluding hydrogens is 320 g/mol. The number of nitrogens with zero attached hydrogens (tertiary/aromatic N) is 3. The molecule has 8 heteroatoms.